The van der Waals surface area contributed by atoms with Crippen molar-refractivity contribution in [2.45, 2.75) is 38.6 Å². The van der Waals surface area contributed by atoms with E-state index in [1.807, 2.05) is 0 Å². The van der Waals surface area contributed by atoms with Gasteiger partial charge < -0.3 is 10.4 Å². The summed E-state index contributed by atoms with van der Waals surface area (Å²) in [6.07, 6.45) is 4.74. The Labute approximate surface area is 69.0 Å². The first kappa shape index (κ1) is 9.01. The lowest BCUT2D eigenvalue weighted by Crippen LogP contribution is -2.47. The molecule has 0 spiro atoms. The summed E-state index contributed by atoms with van der Waals surface area (Å²) >= 11 is 0. The number of aliphatic hydroxyl groups excluding tert-OH is 1. The molecule has 66 valence electrons. The number of hydrogen-bond donors (Lipinski definition) is 2. The lowest BCUT2D eigenvalue weighted by molar-refractivity contribution is 0.214. The van der Waals surface area contributed by atoms with Gasteiger partial charge in [-0.25, -0.2) is 0 Å². The molecule has 2 unspecified atom stereocenters. The molecule has 1 aliphatic rings. The van der Waals surface area contributed by atoms with Gasteiger partial charge >= 0.3 is 0 Å². The summed E-state index contributed by atoms with van der Waals surface area (Å²) < 4.78 is 0. The third kappa shape index (κ3) is 2.46. The maximum absolute atomic E-state index is 8.66. The molecule has 0 bridgehead atoms. The normalized spacial score (nSPS) is 26.2. The van der Waals surface area contributed by atoms with Crippen molar-refractivity contribution in [3.63, 3.8) is 0 Å². The number of rotatable bonds is 5. The molecule has 1 aliphatic heterocycles. The average Bonchev–Trinajstić information content (AvgIpc) is 1.93. The average molecular weight is 157 g/mol. The van der Waals surface area contributed by atoms with E-state index < -0.39 is 0 Å². The highest BCUT2D eigenvalue weighted by Crippen LogP contribution is 2.21. The molecule has 0 saturated carbocycles. The van der Waals surface area contributed by atoms with Crippen molar-refractivity contribution in [3.05, 3.63) is 0 Å². The van der Waals surface area contributed by atoms with E-state index in [9.17, 15) is 0 Å². The van der Waals surface area contributed by atoms with Gasteiger partial charge in [0, 0.05) is 12.6 Å². The second kappa shape index (κ2) is 4.73. The van der Waals surface area contributed by atoms with Gasteiger partial charge in [-0.05, 0) is 31.7 Å². The second-order valence-corrected chi connectivity index (χ2v) is 3.38. The molecule has 2 nitrogen and oxygen atoms in total. The van der Waals surface area contributed by atoms with Gasteiger partial charge in [-0.1, -0.05) is 13.3 Å². The van der Waals surface area contributed by atoms with E-state index in [0.717, 1.165) is 18.4 Å². The first-order chi connectivity index (χ1) is 5.38. The van der Waals surface area contributed by atoms with Crippen LogP contribution in [0.5, 0.6) is 0 Å². The fourth-order valence-corrected chi connectivity index (χ4v) is 1.76. The Balaban J connectivity index is 2.13. The maximum atomic E-state index is 8.66. The zero-order valence-corrected chi connectivity index (χ0v) is 7.34. The molecule has 0 aromatic heterocycles. The van der Waals surface area contributed by atoms with Crippen LogP contribution in [0.1, 0.15) is 32.6 Å². The Kier molecular flexibility index (Phi) is 3.87. The van der Waals surface area contributed by atoms with Gasteiger partial charge in [0.2, 0.25) is 0 Å². The minimum Gasteiger partial charge on any atom is -0.396 e. The second-order valence-electron chi connectivity index (χ2n) is 3.38. The fourth-order valence-electron chi connectivity index (χ4n) is 1.76. The van der Waals surface area contributed by atoms with E-state index in [1.54, 1.807) is 0 Å². The quantitative estimate of drug-likeness (QED) is 0.627. The van der Waals surface area contributed by atoms with Crippen LogP contribution in [-0.4, -0.2) is 24.3 Å². The van der Waals surface area contributed by atoms with Crippen molar-refractivity contribution in [1.29, 1.82) is 0 Å². The van der Waals surface area contributed by atoms with Gasteiger partial charge in [-0.2, -0.15) is 0 Å². The van der Waals surface area contributed by atoms with Gasteiger partial charge in [0.1, 0.15) is 0 Å². The molecular formula is C9H19NO. The van der Waals surface area contributed by atoms with Gasteiger partial charge in [0.25, 0.3) is 0 Å². The van der Waals surface area contributed by atoms with Gasteiger partial charge in [-0.15, -0.1) is 0 Å². The van der Waals surface area contributed by atoms with Crippen molar-refractivity contribution in [2.75, 3.05) is 13.2 Å². The molecule has 0 aliphatic carbocycles. The number of hydrogen-bond acceptors (Lipinski definition) is 2. The maximum Gasteiger partial charge on any atom is 0.0431 e. The van der Waals surface area contributed by atoms with Gasteiger partial charge in [0.15, 0.2) is 0 Å². The summed E-state index contributed by atoms with van der Waals surface area (Å²) in [5.74, 6) is 0.802. The number of aliphatic hydroxyl groups is 1. The molecule has 1 rings (SSSR count). The Morgan fingerprint density at radius 2 is 2.36 bits per heavy atom. The Bertz CT molecular complexity index is 102. The van der Waals surface area contributed by atoms with Crippen molar-refractivity contribution >= 4 is 0 Å². The summed E-state index contributed by atoms with van der Waals surface area (Å²) in [6, 6.07) is 0.756. The minimum absolute atomic E-state index is 0.350. The molecular weight excluding hydrogens is 138 g/mol. The highest BCUT2D eigenvalue weighted by atomic mass is 16.2. The van der Waals surface area contributed by atoms with E-state index in [1.165, 1.54) is 25.8 Å². The SMILES string of the molecule is CCC(CCCO)C1CCN1. The molecule has 1 saturated heterocycles. The summed E-state index contributed by atoms with van der Waals surface area (Å²) in [6.45, 7) is 3.78. The summed E-state index contributed by atoms with van der Waals surface area (Å²) in [7, 11) is 0. The van der Waals surface area contributed by atoms with Crippen LogP contribution in [0.3, 0.4) is 0 Å². The molecule has 2 atom stereocenters. The first-order valence-corrected chi connectivity index (χ1v) is 4.72. The van der Waals surface area contributed by atoms with Crippen LogP contribution in [0, 0.1) is 5.92 Å². The van der Waals surface area contributed by atoms with E-state index in [4.69, 9.17) is 5.11 Å². The van der Waals surface area contributed by atoms with E-state index >= 15 is 0 Å². The fraction of sp³-hybridized carbons (Fsp3) is 1.00. The lowest BCUT2D eigenvalue weighted by atomic mass is 9.86. The van der Waals surface area contributed by atoms with Crippen LogP contribution in [0.25, 0.3) is 0 Å². The zero-order valence-electron chi connectivity index (χ0n) is 7.34. The van der Waals surface area contributed by atoms with Crippen LogP contribution in [-0.2, 0) is 0 Å². The molecule has 11 heavy (non-hydrogen) atoms. The van der Waals surface area contributed by atoms with Crippen LogP contribution < -0.4 is 5.32 Å². The topological polar surface area (TPSA) is 32.3 Å². The lowest BCUT2D eigenvalue weighted by Gasteiger charge is -2.34. The highest BCUT2D eigenvalue weighted by molar-refractivity contribution is 4.83. The van der Waals surface area contributed by atoms with E-state index in [-0.39, 0.29) is 0 Å². The van der Waals surface area contributed by atoms with Crippen molar-refractivity contribution in [3.8, 4) is 0 Å². The first-order valence-electron chi connectivity index (χ1n) is 4.72. The van der Waals surface area contributed by atoms with Crippen molar-refractivity contribution in [1.82, 2.24) is 5.32 Å². The molecule has 1 fully saturated rings. The van der Waals surface area contributed by atoms with Crippen LogP contribution in [0.4, 0.5) is 0 Å². The summed E-state index contributed by atoms with van der Waals surface area (Å²) in [5, 5.41) is 12.1. The van der Waals surface area contributed by atoms with Crippen molar-refractivity contribution < 1.29 is 5.11 Å². The predicted octanol–water partition coefficient (Wildman–Crippen LogP) is 1.15. The molecule has 0 aromatic rings. The van der Waals surface area contributed by atoms with Crippen molar-refractivity contribution in [2.24, 2.45) is 5.92 Å². The molecule has 2 N–H and O–H groups in total. The third-order valence-corrected chi connectivity index (χ3v) is 2.69. The van der Waals surface area contributed by atoms with Crippen LogP contribution in [0.15, 0.2) is 0 Å². The number of nitrogens with one attached hydrogen (secondary N) is 1. The van der Waals surface area contributed by atoms with Crippen LogP contribution in [0.2, 0.25) is 0 Å². The molecule has 0 aromatic carbocycles. The smallest absolute Gasteiger partial charge is 0.0431 e. The summed E-state index contributed by atoms with van der Waals surface area (Å²) in [5.41, 5.74) is 0. The minimum atomic E-state index is 0.350. The largest absolute Gasteiger partial charge is 0.396 e. The Hall–Kier alpha value is -0.0800. The van der Waals surface area contributed by atoms with Gasteiger partial charge in [-0.3, -0.25) is 0 Å². The Morgan fingerprint density at radius 3 is 2.73 bits per heavy atom. The molecule has 0 amide bonds. The monoisotopic (exact) mass is 157 g/mol. The predicted molar refractivity (Wildman–Crippen MR) is 46.5 cm³/mol. The third-order valence-electron chi connectivity index (χ3n) is 2.69. The van der Waals surface area contributed by atoms with Crippen LogP contribution >= 0.6 is 0 Å². The highest BCUT2D eigenvalue weighted by Gasteiger charge is 2.24. The molecule has 0 radical (unpaired) electrons. The van der Waals surface area contributed by atoms with E-state index in [2.05, 4.69) is 12.2 Å². The molecule has 2 heteroatoms. The zero-order chi connectivity index (χ0) is 8.10. The Morgan fingerprint density at radius 1 is 1.64 bits per heavy atom. The van der Waals surface area contributed by atoms with E-state index in [0.29, 0.717) is 6.61 Å². The standard InChI is InChI=1S/C9H19NO/c1-2-8(4-3-7-11)9-5-6-10-9/h8-11H,2-7H2,1H3. The summed E-state index contributed by atoms with van der Waals surface area (Å²) in [4.78, 5) is 0. The molecule has 1 heterocycles. The van der Waals surface area contributed by atoms with Gasteiger partial charge in [0.05, 0.1) is 0 Å².